The minimum atomic E-state index is -0.896. The van der Waals surface area contributed by atoms with Crippen molar-refractivity contribution in [2.75, 3.05) is 0 Å². The van der Waals surface area contributed by atoms with Crippen molar-refractivity contribution in [3.05, 3.63) is 89.5 Å². The number of carbonyl (C=O) groups excluding carboxylic acids is 1. The van der Waals surface area contributed by atoms with Crippen molar-refractivity contribution >= 4 is 14.0 Å². The number of aryl methyl sites for hydroxylation is 1. The lowest BCUT2D eigenvalue weighted by Crippen LogP contribution is -2.18. The Morgan fingerprint density at radius 1 is 0.853 bits per heavy atom. The van der Waals surface area contributed by atoms with Crippen LogP contribution < -0.4 is 4.74 Å². The maximum absolute atomic E-state index is 12.8. The van der Waals surface area contributed by atoms with Crippen molar-refractivity contribution in [2.24, 2.45) is 0 Å². The molecule has 0 aliphatic carbocycles. The predicted octanol–water partition coefficient (Wildman–Crippen LogP) is 8.28. The highest BCUT2D eigenvalue weighted by Gasteiger charge is 2.14. The summed E-state index contributed by atoms with van der Waals surface area (Å²) < 4.78 is 5.74. The Morgan fingerprint density at radius 3 is 2.21 bits per heavy atom. The van der Waals surface area contributed by atoms with Gasteiger partial charge in [-0.1, -0.05) is 93.8 Å². The van der Waals surface area contributed by atoms with Crippen LogP contribution >= 0.6 is 0 Å². The van der Waals surface area contributed by atoms with Gasteiger partial charge in [0, 0.05) is 13.6 Å². The summed E-state index contributed by atoms with van der Waals surface area (Å²) in [4.78, 5) is 12.8. The Labute approximate surface area is 205 Å². The number of benzene rings is 3. The first-order valence-electron chi connectivity index (χ1n) is 12.3. The molecule has 3 nitrogen and oxygen atoms in total. The van der Waals surface area contributed by atoms with Crippen LogP contribution in [0.5, 0.6) is 5.75 Å². The number of nitriles is 1. The number of carbonyl (C=O) groups is 1. The van der Waals surface area contributed by atoms with E-state index >= 15 is 0 Å². The second-order valence-electron chi connectivity index (χ2n) is 10.1. The highest BCUT2D eigenvalue weighted by atomic mass is 28.3. The molecule has 3 rings (SSSR count). The minimum Gasteiger partial charge on any atom is -0.422 e. The third-order valence-corrected chi connectivity index (χ3v) is 7.83. The lowest BCUT2D eigenvalue weighted by Gasteiger charge is -2.14. The zero-order valence-electron chi connectivity index (χ0n) is 20.6. The van der Waals surface area contributed by atoms with Crippen LogP contribution in [0.4, 0.5) is 0 Å². The van der Waals surface area contributed by atoms with Gasteiger partial charge in [-0.05, 0) is 54.3 Å². The zero-order chi connectivity index (χ0) is 24.4. The van der Waals surface area contributed by atoms with Gasteiger partial charge in [0.05, 0.1) is 17.2 Å². The maximum atomic E-state index is 12.8. The zero-order valence-corrected chi connectivity index (χ0v) is 21.6. The molecule has 0 aliphatic heterocycles. The van der Waals surface area contributed by atoms with E-state index in [1.807, 2.05) is 60.7 Å². The number of esters is 1. The fourth-order valence-electron chi connectivity index (χ4n) is 4.01. The van der Waals surface area contributed by atoms with Crippen molar-refractivity contribution in [3.63, 3.8) is 0 Å². The van der Waals surface area contributed by atoms with Gasteiger partial charge in [-0.2, -0.15) is 5.26 Å². The van der Waals surface area contributed by atoms with Crippen molar-refractivity contribution in [2.45, 2.75) is 64.2 Å². The van der Waals surface area contributed by atoms with Crippen LogP contribution in [0.2, 0.25) is 25.7 Å². The van der Waals surface area contributed by atoms with E-state index < -0.39 is 14.0 Å². The van der Waals surface area contributed by atoms with Crippen LogP contribution in [-0.2, 0) is 6.42 Å². The maximum Gasteiger partial charge on any atom is 0.343 e. The van der Waals surface area contributed by atoms with Crippen LogP contribution in [0, 0.1) is 11.3 Å². The third-order valence-electron chi connectivity index (χ3n) is 5.98. The Hall–Kier alpha value is -3.16. The van der Waals surface area contributed by atoms with Gasteiger partial charge in [-0.3, -0.25) is 0 Å². The van der Waals surface area contributed by atoms with E-state index in [1.165, 1.54) is 43.7 Å². The highest BCUT2D eigenvalue weighted by molar-refractivity contribution is 6.76. The van der Waals surface area contributed by atoms with Crippen LogP contribution in [0.25, 0.3) is 11.1 Å². The fraction of sp³-hybridized carbons (Fsp3) is 0.333. The van der Waals surface area contributed by atoms with Crippen molar-refractivity contribution in [3.8, 4) is 22.9 Å². The molecule has 3 aromatic carbocycles. The van der Waals surface area contributed by atoms with Crippen molar-refractivity contribution in [1.29, 1.82) is 5.26 Å². The molecule has 0 aliphatic rings. The summed E-state index contributed by atoms with van der Waals surface area (Å²) >= 11 is 0. The number of hydrogen-bond donors (Lipinski definition) is 0. The Balaban J connectivity index is 1.55. The summed E-state index contributed by atoms with van der Waals surface area (Å²) in [7, 11) is -0.896. The van der Waals surface area contributed by atoms with Crippen LogP contribution in [-0.4, -0.2) is 14.0 Å². The normalized spacial score (nSPS) is 11.1. The lowest BCUT2D eigenvalue weighted by atomic mass is 10.0. The number of unbranched alkanes of at least 4 members (excludes halogenated alkanes) is 4. The number of ether oxygens (including phenoxy) is 1. The predicted molar refractivity (Wildman–Crippen MR) is 143 cm³/mol. The Morgan fingerprint density at radius 2 is 1.53 bits per heavy atom. The van der Waals surface area contributed by atoms with Gasteiger partial charge in [-0.15, -0.1) is 0 Å². The van der Waals surface area contributed by atoms with E-state index in [1.54, 1.807) is 12.1 Å². The van der Waals surface area contributed by atoms with Gasteiger partial charge in [0.25, 0.3) is 0 Å². The molecule has 0 bridgehead atoms. The summed E-state index contributed by atoms with van der Waals surface area (Å²) in [6.45, 7) is 7.33. The van der Waals surface area contributed by atoms with Gasteiger partial charge in [0.1, 0.15) is 5.75 Å². The number of rotatable bonds is 11. The van der Waals surface area contributed by atoms with Gasteiger partial charge in [0.2, 0.25) is 0 Å². The lowest BCUT2D eigenvalue weighted by molar-refractivity contribution is 0.0735. The molecule has 3 aromatic rings. The Bertz CT molecular complexity index is 1110. The average Bonchev–Trinajstić information content (AvgIpc) is 2.83. The second-order valence-corrected chi connectivity index (χ2v) is 15.7. The number of hydrogen-bond acceptors (Lipinski definition) is 3. The molecule has 0 N–H and O–H groups in total. The molecule has 0 saturated carbocycles. The van der Waals surface area contributed by atoms with Gasteiger partial charge < -0.3 is 4.74 Å². The van der Waals surface area contributed by atoms with E-state index in [4.69, 9.17) is 4.74 Å². The molecule has 176 valence electrons. The van der Waals surface area contributed by atoms with Crippen molar-refractivity contribution in [1.82, 2.24) is 0 Å². The first kappa shape index (κ1) is 25.5. The molecule has 0 amide bonds. The fourth-order valence-corrected chi connectivity index (χ4v) is 5.32. The summed E-state index contributed by atoms with van der Waals surface area (Å²) in [5.74, 6) is -0.0188. The highest BCUT2D eigenvalue weighted by Crippen LogP contribution is 2.31. The summed E-state index contributed by atoms with van der Waals surface area (Å²) in [5.41, 5.74) is 3.94. The molecule has 0 heterocycles. The van der Waals surface area contributed by atoms with Crippen LogP contribution in [0.15, 0.2) is 72.8 Å². The van der Waals surface area contributed by atoms with E-state index in [0.29, 0.717) is 16.9 Å². The number of nitrogens with zero attached hydrogens (tertiary/aromatic N) is 1. The summed E-state index contributed by atoms with van der Waals surface area (Å²) in [5, 5.41) is 9.28. The molecule has 0 saturated heterocycles. The van der Waals surface area contributed by atoms with Crippen LogP contribution in [0.1, 0.15) is 53.6 Å². The molecule has 0 aromatic heterocycles. The van der Waals surface area contributed by atoms with E-state index in [2.05, 4.69) is 25.7 Å². The largest absolute Gasteiger partial charge is 0.422 e. The van der Waals surface area contributed by atoms with Gasteiger partial charge >= 0.3 is 5.97 Å². The first-order valence-corrected chi connectivity index (χ1v) is 16.0. The smallest absolute Gasteiger partial charge is 0.343 e. The SMILES string of the molecule is C[Si](C)(C)CCCCCCCc1ccc(C(=O)Oc2cc(C#N)ccc2-c2ccccc2)cc1. The quantitative estimate of drug-likeness (QED) is 0.123. The summed E-state index contributed by atoms with van der Waals surface area (Å²) in [6.07, 6.45) is 7.49. The molecular weight excluding hydrogens is 434 g/mol. The minimum absolute atomic E-state index is 0.397. The molecule has 0 spiro atoms. The molecule has 34 heavy (non-hydrogen) atoms. The Kier molecular flexibility index (Phi) is 9.24. The molecule has 0 atom stereocenters. The monoisotopic (exact) mass is 469 g/mol. The third kappa shape index (κ3) is 8.00. The molecule has 0 fully saturated rings. The van der Waals surface area contributed by atoms with Crippen LogP contribution in [0.3, 0.4) is 0 Å². The molecular formula is C30H35NO2Si. The second kappa shape index (κ2) is 12.3. The van der Waals surface area contributed by atoms with E-state index in [9.17, 15) is 10.1 Å². The summed E-state index contributed by atoms with van der Waals surface area (Å²) in [6, 6.07) is 26.2. The standard InChI is InChI=1S/C30H35NO2Si/c1-34(2,3)21-11-6-4-5-8-12-24-15-18-27(19-16-24)30(32)33-29-22-25(23-31)17-20-28(29)26-13-9-7-10-14-26/h7,9-10,13-20,22H,4-6,8,11-12,21H2,1-3H3. The van der Waals surface area contributed by atoms with Gasteiger partial charge in [-0.25, -0.2) is 4.79 Å². The molecule has 0 radical (unpaired) electrons. The average molecular weight is 470 g/mol. The topological polar surface area (TPSA) is 50.1 Å². The van der Waals surface area contributed by atoms with E-state index in [0.717, 1.165) is 17.5 Å². The van der Waals surface area contributed by atoms with Crippen molar-refractivity contribution < 1.29 is 9.53 Å². The molecule has 4 heteroatoms. The molecule has 0 unspecified atom stereocenters. The van der Waals surface area contributed by atoms with E-state index in [-0.39, 0.29) is 0 Å². The van der Waals surface area contributed by atoms with Gasteiger partial charge in [0.15, 0.2) is 0 Å². The first-order chi connectivity index (χ1) is 16.4.